The highest BCUT2D eigenvalue weighted by atomic mass is 16.4. The van der Waals surface area contributed by atoms with E-state index in [9.17, 15) is 9.59 Å². The number of nitrogens with zero attached hydrogens (tertiary/aromatic N) is 1. The molecule has 0 saturated heterocycles. The van der Waals surface area contributed by atoms with Crippen molar-refractivity contribution in [3.63, 3.8) is 0 Å². The van der Waals surface area contributed by atoms with Gasteiger partial charge in [0.2, 0.25) is 0 Å². The first-order valence-corrected chi connectivity index (χ1v) is 6.91. The molecule has 1 aromatic carbocycles. The lowest BCUT2D eigenvalue weighted by Crippen LogP contribution is -2.36. The Morgan fingerprint density at radius 2 is 2.20 bits per heavy atom. The van der Waals surface area contributed by atoms with Gasteiger partial charge in [-0.2, -0.15) is 0 Å². The molecule has 1 aliphatic rings. The number of nitrogens with one attached hydrogen (secondary N) is 1. The van der Waals surface area contributed by atoms with Crippen molar-refractivity contribution in [2.45, 2.75) is 20.3 Å². The maximum Gasteiger partial charge on any atom is 0.308 e. The van der Waals surface area contributed by atoms with E-state index in [1.165, 1.54) is 0 Å². The number of hydrogen-bond acceptors (Lipinski definition) is 3. The number of fused-ring (bicyclic) bond motifs is 1. The second-order valence-corrected chi connectivity index (χ2v) is 5.13. The van der Waals surface area contributed by atoms with Crippen LogP contribution < -0.4 is 5.32 Å². The average Bonchev–Trinajstić information content (AvgIpc) is 2.90. The predicted octanol–water partition coefficient (Wildman–Crippen LogP) is 1.84. The van der Waals surface area contributed by atoms with Crippen LogP contribution in [0, 0.1) is 5.92 Å². The fourth-order valence-electron chi connectivity index (χ4n) is 2.38. The van der Waals surface area contributed by atoms with E-state index in [4.69, 9.17) is 5.11 Å². The van der Waals surface area contributed by atoms with Gasteiger partial charge in [0.1, 0.15) is 0 Å². The first kappa shape index (κ1) is 14.4. The molecule has 0 bridgehead atoms. The van der Waals surface area contributed by atoms with Gasteiger partial charge in [-0.25, -0.2) is 0 Å². The molecular weight excluding hydrogens is 256 g/mol. The number of carboxylic acids is 1. The highest BCUT2D eigenvalue weighted by molar-refractivity contribution is 5.95. The normalized spacial score (nSPS) is 14.3. The number of carbonyl (C=O) groups is 2. The molecule has 0 aromatic heterocycles. The highest BCUT2D eigenvalue weighted by Gasteiger charge is 2.21. The molecule has 5 heteroatoms. The van der Waals surface area contributed by atoms with Gasteiger partial charge in [0, 0.05) is 30.9 Å². The third kappa shape index (κ3) is 2.92. The van der Waals surface area contributed by atoms with E-state index in [2.05, 4.69) is 5.32 Å². The van der Waals surface area contributed by atoms with E-state index in [1.807, 2.05) is 19.1 Å². The van der Waals surface area contributed by atoms with Crippen molar-refractivity contribution >= 4 is 17.6 Å². The van der Waals surface area contributed by atoms with Crippen LogP contribution in [0.1, 0.15) is 29.8 Å². The van der Waals surface area contributed by atoms with Gasteiger partial charge in [-0.3, -0.25) is 9.59 Å². The van der Waals surface area contributed by atoms with Crippen LogP contribution in [0.2, 0.25) is 0 Å². The van der Waals surface area contributed by atoms with Crippen LogP contribution in [0.3, 0.4) is 0 Å². The Labute approximate surface area is 118 Å². The molecule has 1 amide bonds. The average molecular weight is 276 g/mol. The van der Waals surface area contributed by atoms with E-state index < -0.39 is 11.9 Å². The maximum absolute atomic E-state index is 12.4. The Hall–Kier alpha value is -2.04. The molecule has 2 rings (SSSR count). The lowest BCUT2D eigenvalue weighted by molar-refractivity contribution is -0.141. The van der Waals surface area contributed by atoms with E-state index in [0.29, 0.717) is 12.1 Å². The Morgan fingerprint density at radius 3 is 2.85 bits per heavy atom. The molecule has 0 saturated carbocycles. The lowest BCUT2D eigenvalue weighted by atomic mass is 10.1. The fourth-order valence-corrected chi connectivity index (χ4v) is 2.38. The Kier molecular flexibility index (Phi) is 4.27. The summed E-state index contributed by atoms with van der Waals surface area (Å²) in [5.41, 5.74) is 2.87. The van der Waals surface area contributed by atoms with Crippen LogP contribution in [-0.4, -0.2) is 41.5 Å². The van der Waals surface area contributed by atoms with Gasteiger partial charge < -0.3 is 15.3 Å². The Bertz CT molecular complexity index is 528. The fraction of sp³-hybridized carbons (Fsp3) is 0.467. The second kappa shape index (κ2) is 5.94. The molecule has 1 unspecified atom stereocenters. The standard InChI is InChI=1S/C15H20N2O3/c1-3-17(9-10(2)15(19)20)14(18)12-4-5-13-11(8-12)6-7-16-13/h4-5,8,10,16H,3,6-7,9H2,1-2H3,(H,19,20). The maximum atomic E-state index is 12.4. The van der Waals surface area contributed by atoms with Gasteiger partial charge in [-0.15, -0.1) is 0 Å². The third-order valence-electron chi connectivity index (χ3n) is 3.65. The first-order chi connectivity index (χ1) is 9.52. The molecule has 1 atom stereocenters. The van der Waals surface area contributed by atoms with Crippen LogP contribution in [-0.2, 0) is 11.2 Å². The van der Waals surface area contributed by atoms with Gasteiger partial charge in [-0.05, 0) is 37.1 Å². The summed E-state index contributed by atoms with van der Waals surface area (Å²) in [4.78, 5) is 24.9. The number of carbonyl (C=O) groups excluding carboxylic acids is 1. The Morgan fingerprint density at radius 1 is 1.45 bits per heavy atom. The molecule has 0 aliphatic carbocycles. The smallest absolute Gasteiger partial charge is 0.308 e. The van der Waals surface area contributed by atoms with E-state index in [1.54, 1.807) is 17.9 Å². The molecule has 1 heterocycles. The summed E-state index contributed by atoms with van der Waals surface area (Å²) in [5, 5.41) is 12.2. The zero-order chi connectivity index (χ0) is 14.7. The van der Waals surface area contributed by atoms with Crippen molar-refractivity contribution < 1.29 is 14.7 Å². The van der Waals surface area contributed by atoms with Crippen molar-refractivity contribution in [3.05, 3.63) is 29.3 Å². The molecule has 2 N–H and O–H groups in total. The third-order valence-corrected chi connectivity index (χ3v) is 3.65. The SMILES string of the molecule is CCN(CC(C)C(=O)O)C(=O)c1ccc2c(c1)CCN2. The molecule has 1 aromatic rings. The van der Waals surface area contributed by atoms with Gasteiger partial charge in [0.05, 0.1) is 5.92 Å². The molecular formula is C15H20N2O3. The van der Waals surface area contributed by atoms with Gasteiger partial charge in [0.15, 0.2) is 0 Å². The van der Waals surface area contributed by atoms with Crippen molar-refractivity contribution in [2.75, 3.05) is 25.0 Å². The summed E-state index contributed by atoms with van der Waals surface area (Å²) < 4.78 is 0. The number of amides is 1. The minimum absolute atomic E-state index is 0.102. The topological polar surface area (TPSA) is 69.6 Å². The number of aliphatic carboxylic acids is 1. The number of benzene rings is 1. The summed E-state index contributed by atoms with van der Waals surface area (Å²) in [6.07, 6.45) is 0.925. The first-order valence-electron chi connectivity index (χ1n) is 6.91. The van der Waals surface area contributed by atoms with E-state index >= 15 is 0 Å². The van der Waals surface area contributed by atoms with Gasteiger partial charge >= 0.3 is 5.97 Å². The van der Waals surface area contributed by atoms with Gasteiger partial charge in [0.25, 0.3) is 5.91 Å². The van der Waals surface area contributed by atoms with Crippen LogP contribution in [0.25, 0.3) is 0 Å². The number of hydrogen-bond donors (Lipinski definition) is 2. The molecule has 20 heavy (non-hydrogen) atoms. The largest absolute Gasteiger partial charge is 0.481 e. The molecule has 0 fully saturated rings. The summed E-state index contributed by atoms with van der Waals surface area (Å²) in [6.45, 7) is 5.12. The van der Waals surface area contributed by atoms with E-state index in [-0.39, 0.29) is 12.5 Å². The lowest BCUT2D eigenvalue weighted by Gasteiger charge is -2.23. The second-order valence-electron chi connectivity index (χ2n) is 5.13. The van der Waals surface area contributed by atoms with Crippen LogP contribution in [0.5, 0.6) is 0 Å². The number of rotatable bonds is 5. The molecule has 0 spiro atoms. The van der Waals surface area contributed by atoms with Gasteiger partial charge in [-0.1, -0.05) is 6.92 Å². The summed E-state index contributed by atoms with van der Waals surface area (Å²) in [6, 6.07) is 5.63. The van der Waals surface area contributed by atoms with Crippen molar-refractivity contribution in [3.8, 4) is 0 Å². The van der Waals surface area contributed by atoms with Crippen molar-refractivity contribution in [2.24, 2.45) is 5.92 Å². The number of anilines is 1. The molecule has 108 valence electrons. The predicted molar refractivity (Wildman–Crippen MR) is 77.0 cm³/mol. The minimum Gasteiger partial charge on any atom is -0.481 e. The van der Waals surface area contributed by atoms with E-state index in [0.717, 1.165) is 24.2 Å². The monoisotopic (exact) mass is 276 g/mol. The summed E-state index contributed by atoms with van der Waals surface area (Å²) in [7, 11) is 0. The van der Waals surface area contributed by atoms with Crippen LogP contribution in [0.4, 0.5) is 5.69 Å². The molecule has 1 aliphatic heterocycles. The highest BCUT2D eigenvalue weighted by Crippen LogP contribution is 2.23. The zero-order valence-electron chi connectivity index (χ0n) is 11.8. The van der Waals surface area contributed by atoms with Crippen LogP contribution in [0.15, 0.2) is 18.2 Å². The van der Waals surface area contributed by atoms with Crippen molar-refractivity contribution in [1.29, 1.82) is 0 Å². The van der Waals surface area contributed by atoms with Crippen LogP contribution >= 0.6 is 0 Å². The minimum atomic E-state index is -0.880. The molecule has 0 radical (unpaired) electrons. The quantitative estimate of drug-likeness (QED) is 0.861. The molecule has 5 nitrogen and oxygen atoms in total. The number of carboxylic acid groups (broad SMARTS) is 1. The summed E-state index contributed by atoms with van der Waals surface area (Å²) in [5.74, 6) is -1.54. The zero-order valence-corrected chi connectivity index (χ0v) is 11.8. The van der Waals surface area contributed by atoms with Crippen molar-refractivity contribution in [1.82, 2.24) is 4.90 Å². The Balaban J connectivity index is 2.14. The summed E-state index contributed by atoms with van der Waals surface area (Å²) >= 11 is 0.